The molecule has 1 aliphatic carbocycles. The third kappa shape index (κ3) is 1.86. The van der Waals surface area contributed by atoms with E-state index in [0.717, 1.165) is 12.8 Å². The smallest absolute Gasteiger partial charge is 0.147 e. The zero-order chi connectivity index (χ0) is 9.97. The highest BCUT2D eigenvalue weighted by Crippen LogP contribution is 2.20. The van der Waals surface area contributed by atoms with E-state index in [-0.39, 0.29) is 18.0 Å². The predicted octanol–water partition coefficient (Wildman–Crippen LogP) is 1.27. The van der Waals surface area contributed by atoms with E-state index in [1.165, 1.54) is 6.07 Å². The van der Waals surface area contributed by atoms with Crippen LogP contribution in [-0.4, -0.2) is 17.3 Å². The van der Waals surface area contributed by atoms with Gasteiger partial charge in [0, 0.05) is 0 Å². The summed E-state index contributed by atoms with van der Waals surface area (Å²) in [6, 6.07) is 6.46. The van der Waals surface area contributed by atoms with Crippen LogP contribution in [0.1, 0.15) is 12.8 Å². The van der Waals surface area contributed by atoms with Crippen molar-refractivity contribution >= 4 is 5.69 Å². The second kappa shape index (κ2) is 3.94. The van der Waals surface area contributed by atoms with Gasteiger partial charge in [-0.25, -0.2) is 9.82 Å². The molecule has 0 aromatic heterocycles. The maximum absolute atomic E-state index is 13.1. The lowest BCUT2D eigenvalue weighted by atomic mass is 9.90. The van der Waals surface area contributed by atoms with E-state index in [4.69, 9.17) is 0 Å². The lowest BCUT2D eigenvalue weighted by molar-refractivity contribution is 0.0538. The molecule has 1 fully saturated rings. The highest BCUT2D eigenvalue weighted by molar-refractivity contribution is 5.43. The van der Waals surface area contributed by atoms with Crippen molar-refractivity contribution in [2.75, 3.05) is 5.43 Å². The van der Waals surface area contributed by atoms with Crippen LogP contribution in [0, 0.1) is 5.82 Å². The van der Waals surface area contributed by atoms with Crippen molar-refractivity contribution in [2.45, 2.75) is 25.0 Å². The number of halogens is 1. The number of rotatable bonds is 3. The summed E-state index contributed by atoms with van der Waals surface area (Å²) in [6.45, 7) is 0. The van der Waals surface area contributed by atoms with E-state index in [0.29, 0.717) is 5.69 Å². The fourth-order valence-electron chi connectivity index (χ4n) is 1.38. The lowest BCUT2D eigenvalue weighted by Crippen LogP contribution is -2.50. The first-order valence-corrected chi connectivity index (χ1v) is 4.71. The average molecular weight is 196 g/mol. The summed E-state index contributed by atoms with van der Waals surface area (Å²) in [4.78, 5) is 0. The molecule has 1 saturated carbocycles. The van der Waals surface area contributed by atoms with Gasteiger partial charge in [0.1, 0.15) is 5.82 Å². The van der Waals surface area contributed by atoms with Crippen LogP contribution in [0.25, 0.3) is 0 Å². The highest BCUT2D eigenvalue weighted by Gasteiger charge is 2.28. The maximum atomic E-state index is 13.1. The van der Waals surface area contributed by atoms with E-state index in [9.17, 15) is 9.50 Å². The molecule has 2 rings (SSSR count). The van der Waals surface area contributed by atoms with Crippen molar-refractivity contribution in [2.24, 2.45) is 0 Å². The summed E-state index contributed by atoms with van der Waals surface area (Å²) in [5.74, 6) is -0.297. The van der Waals surface area contributed by atoms with Gasteiger partial charge >= 0.3 is 0 Å². The first kappa shape index (κ1) is 9.43. The minimum Gasteiger partial charge on any atom is -0.391 e. The molecule has 0 aliphatic heterocycles. The first-order valence-electron chi connectivity index (χ1n) is 4.71. The number of hydrazine groups is 1. The van der Waals surface area contributed by atoms with Crippen molar-refractivity contribution in [3.63, 3.8) is 0 Å². The van der Waals surface area contributed by atoms with Gasteiger partial charge < -0.3 is 10.5 Å². The summed E-state index contributed by atoms with van der Waals surface area (Å²) in [6.07, 6.45) is 1.42. The maximum Gasteiger partial charge on any atom is 0.147 e. The van der Waals surface area contributed by atoms with Crippen LogP contribution in [0.4, 0.5) is 10.1 Å². The number of aliphatic hydroxyl groups excluding tert-OH is 1. The van der Waals surface area contributed by atoms with Gasteiger partial charge in [-0.2, -0.15) is 0 Å². The van der Waals surface area contributed by atoms with Gasteiger partial charge in [-0.3, -0.25) is 0 Å². The first-order chi connectivity index (χ1) is 6.77. The fourth-order valence-corrected chi connectivity index (χ4v) is 1.38. The molecule has 0 radical (unpaired) electrons. The third-order valence-corrected chi connectivity index (χ3v) is 2.50. The Hall–Kier alpha value is -1.13. The van der Waals surface area contributed by atoms with Gasteiger partial charge in [0.05, 0.1) is 17.8 Å². The van der Waals surface area contributed by atoms with Gasteiger partial charge in [0.25, 0.3) is 0 Å². The average Bonchev–Trinajstić information content (AvgIpc) is 2.19. The molecule has 2 atom stereocenters. The summed E-state index contributed by atoms with van der Waals surface area (Å²) in [5.41, 5.74) is 6.06. The van der Waals surface area contributed by atoms with Crippen molar-refractivity contribution in [1.82, 2.24) is 5.43 Å². The molecule has 0 heterocycles. The zero-order valence-corrected chi connectivity index (χ0v) is 7.70. The Kier molecular flexibility index (Phi) is 2.65. The molecule has 4 heteroatoms. The Morgan fingerprint density at radius 3 is 2.64 bits per heavy atom. The van der Waals surface area contributed by atoms with E-state index in [2.05, 4.69) is 10.9 Å². The summed E-state index contributed by atoms with van der Waals surface area (Å²) in [5, 5.41) is 9.26. The molecule has 1 aromatic carbocycles. The number of anilines is 1. The molecule has 0 spiro atoms. The third-order valence-electron chi connectivity index (χ3n) is 2.50. The fraction of sp³-hybridized carbons (Fsp3) is 0.400. The van der Waals surface area contributed by atoms with Crippen molar-refractivity contribution in [3.05, 3.63) is 30.1 Å². The number of hydrogen-bond acceptors (Lipinski definition) is 3. The van der Waals surface area contributed by atoms with Gasteiger partial charge in [-0.1, -0.05) is 12.1 Å². The Bertz CT molecular complexity index is 319. The normalized spacial score (nSPS) is 25.6. The Morgan fingerprint density at radius 1 is 1.29 bits per heavy atom. The van der Waals surface area contributed by atoms with E-state index < -0.39 is 0 Å². The Balaban J connectivity index is 1.88. The lowest BCUT2D eigenvalue weighted by Gasteiger charge is -2.33. The van der Waals surface area contributed by atoms with Gasteiger partial charge in [-0.15, -0.1) is 0 Å². The molecule has 0 saturated heterocycles. The van der Waals surface area contributed by atoms with Crippen LogP contribution >= 0.6 is 0 Å². The molecule has 14 heavy (non-hydrogen) atoms. The molecule has 76 valence electrons. The number of nitrogens with one attached hydrogen (secondary N) is 2. The Morgan fingerprint density at radius 2 is 2.07 bits per heavy atom. The van der Waals surface area contributed by atoms with Crippen LogP contribution in [0.3, 0.4) is 0 Å². The van der Waals surface area contributed by atoms with Gasteiger partial charge in [-0.05, 0) is 25.0 Å². The van der Waals surface area contributed by atoms with Crippen LogP contribution in [0.5, 0.6) is 0 Å². The largest absolute Gasteiger partial charge is 0.391 e. The molecule has 0 unspecified atom stereocenters. The predicted molar refractivity (Wildman–Crippen MR) is 52.2 cm³/mol. The molecule has 0 amide bonds. The van der Waals surface area contributed by atoms with Crippen molar-refractivity contribution in [3.8, 4) is 0 Å². The van der Waals surface area contributed by atoms with Gasteiger partial charge in [0.2, 0.25) is 0 Å². The molecule has 0 bridgehead atoms. The molecule has 1 aliphatic rings. The second-order valence-corrected chi connectivity index (χ2v) is 3.50. The highest BCUT2D eigenvalue weighted by atomic mass is 19.1. The summed E-state index contributed by atoms with van der Waals surface area (Å²) >= 11 is 0. The monoisotopic (exact) mass is 196 g/mol. The van der Waals surface area contributed by atoms with Gasteiger partial charge in [0.15, 0.2) is 0 Å². The zero-order valence-electron chi connectivity index (χ0n) is 7.70. The quantitative estimate of drug-likeness (QED) is 0.638. The van der Waals surface area contributed by atoms with Crippen LogP contribution in [0.15, 0.2) is 24.3 Å². The number of hydrogen-bond donors (Lipinski definition) is 3. The Labute approximate surface area is 81.9 Å². The molecule has 1 aromatic rings. The second-order valence-electron chi connectivity index (χ2n) is 3.50. The SMILES string of the molecule is O[C@@H]1CC[C@H]1NNc1ccccc1F. The molecule has 3 N–H and O–H groups in total. The topological polar surface area (TPSA) is 44.3 Å². The molecule has 3 nitrogen and oxygen atoms in total. The minimum atomic E-state index is -0.311. The summed E-state index contributed by atoms with van der Waals surface area (Å²) in [7, 11) is 0. The summed E-state index contributed by atoms with van der Waals surface area (Å²) < 4.78 is 13.1. The van der Waals surface area contributed by atoms with Crippen LogP contribution in [0.2, 0.25) is 0 Å². The number of para-hydroxylation sites is 1. The van der Waals surface area contributed by atoms with Crippen molar-refractivity contribution < 1.29 is 9.50 Å². The van der Waals surface area contributed by atoms with Crippen LogP contribution in [-0.2, 0) is 0 Å². The van der Waals surface area contributed by atoms with E-state index in [1.54, 1.807) is 18.2 Å². The van der Waals surface area contributed by atoms with E-state index >= 15 is 0 Å². The van der Waals surface area contributed by atoms with Crippen molar-refractivity contribution in [1.29, 1.82) is 0 Å². The minimum absolute atomic E-state index is 0.0367. The number of benzene rings is 1. The number of aliphatic hydroxyl groups is 1. The molecular formula is C10H13FN2O. The molecular weight excluding hydrogens is 183 g/mol. The van der Waals surface area contributed by atoms with E-state index in [1.807, 2.05) is 0 Å². The van der Waals surface area contributed by atoms with Crippen LogP contribution < -0.4 is 10.9 Å². The standard InChI is InChI=1S/C10H13FN2O/c11-7-3-1-2-4-8(7)12-13-9-5-6-10(9)14/h1-4,9-10,12-14H,5-6H2/t9-,10-/m1/s1.